The summed E-state index contributed by atoms with van der Waals surface area (Å²) in [4.78, 5) is 19.7. The van der Waals surface area contributed by atoms with Gasteiger partial charge in [-0.05, 0) is 13.8 Å². The molecule has 2 heterocycles. The van der Waals surface area contributed by atoms with E-state index >= 15 is 0 Å². The van der Waals surface area contributed by atoms with Gasteiger partial charge in [0.05, 0.1) is 22.6 Å². The van der Waals surface area contributed by atoms with Crippen molar-refractivity contribution in [3.8, 4) is 5.69 Å². The summed E-state index contributed by atoms with van der Waals surface area (Å²) in [7, 11) is 0. The molecule has 0 spiro atoms. The van der Waals surface area contributed by atoms with Crippen LogP contribution in [0.25, 0.3) is 5.69 Å². The van der Waals surface area contributed by atoms with Gasteiger partial charge in [0.2, 0.25) is 0 Å². The van der Waals surface area contributed by atoms with Gasteiger partial charge in [0.15, 0.2) is 5.69 Å². The summed E-state index contributed by atoms with van der Waals surface area (Å²) in [5.41, 5.74) is 1.53. The van der Waals surface area contributed by atoms with Crippen LogP contribution in [-0.4, -0.2) is 30.8 Å². The molecule has 0 aliphatic heterocycles. The van der Waals surface area contributed by atoms with E-state index in [9.17, 15) is 9.90 Å². The van der Waals surface area contributed by atoms with E-state index in [0.29, 0.717) is 27.9 Å². The van der Waals surface area contributed by atoms with Crippen molar-refractivity contribution in [1.29, 1.82) is 0 Å². The molecule has 1 N–H and O–H groups in total. The smallest absolute Gasteiger partial charge is 0.356 e. The number of carboxylic acids is 1. The third kappa shape index (κ3) is 2.38. The monoisotopic (exact) mass is 294 g/mol. The van der Waals surface area contributed by atoms with Crippen LogP contribution in [0.3, 0.4) is 0 Å². The SMILES string of the molecule is Cc1nn(-c2cnc(C(C)C)nc2C(=O)O)c(C)c1Cl. The molecule has 0 radical (unpaired) electrons. The lowest BCUT2D eigenvalue weighted by Gasteiger charge is -2.10. The molecular weight excluding hydrogens is 280 g/mol. The maximum atomic E-state index is 11.4. The highest BCUT2D eigenvalue weighted by Crippen LogP contribution is 2.24. The van der Waals surface area contributed by atoms with Crippen molar-refractivity contribution in [2.75, 3.05) is 0 Å². The summed E-state index contributed by atoms with van der Waals surface area (Å²) >= 11 is 6.09. The molecular formula is C13H15ClN4O2. The molecule has 20 heavy (non-hydrogen) atoms. The van der Waals surface area contributed by atoms with Gasteiger partial charge in [0.1, 0.15) is 11.5 Å². The molecule has 6 nitrogen and oxygen atoms in total. The fourth-order valence-corrected chi connectivity index (χ4v) is 1.96. The molecule has 0 aromatic carbocycles. The molecule has 2 aromatic heterocycles. The van der Waals surface area contributed by atoms with Crippen molar-refractivity contribution in [2.24, 2.45) is 0 Å². The van der Waals surface area contributed by atoms with Crippen LogP contribution >= 0.6 is 11.6 Å². The predicted molar refractivity (Wildman–Crippen MR) is 74.7 cm³/mol. The first-order valence-electron chi connectivity index (χ1n) is 6.15. The van der Waals surface area contributed by atoms with Crippen molar-refractivity contribution in [2.45, 2.75) is 33.6 Å². The lowest BCUT2D eigenvalue weighted by molar-refractivity contribution is 0.0689. The second kappa shape index (κ2) is 5.20. The molecule has 0 unspecified atom stereocenters. The van der Waals surface area contributed by atoms with Gasteiger partial charge in [-0.1, -0.05) is 25.4 Å². The van der Waals surface area contributed by atoms with Crippen molar-refractivity contribution in [1.82, 2.24) is 19.7 Å². The van der Waals surface area contributed by atoms with Crippen LogP contribution < -0.4 is 0 Å². The molecule has 0 saturated carbocycles. The Hall–Kier alpha value is -1.95. The van der Waals surface area contributed by atoms with Gasteiger partial charge in [0.25, 0.3) is 0 Å². The minimum absolute atomic E-state index is 0.0474. The molecule has 0 atom stereocenters. The number of carboxylic acid groups (broad SMARTS) is 1. The van der Waals surface area contributed by atoms with E-state index in [1.165, 1.54) is 10.9 Å². The Bertz CT molecular complexity index is 679. The molecule has 0 amide bonds. The number of hydrogen-bond donors (Lipinski definition) is 1. The van der Waals surface area contributed by atoms with Gasteiger partial charge in [0, 0.05) is 5.92 Å². The normalized spacial score (nSPS) is 11.1. The van der Waals surface area contributed by atoms with Crippen LogP contribution in [0.2, 0.25) is 5.02 Å². The van der Waals surface area contributed by atoms with Crippen LogP contribution in [0.5, 0.6) is 0 Å². The molecule has 2 rings (SSSR count). The predicted octanol–water partition coefficient (Wildman–Crippen LogP) is 2.75. The highest BCUT2D eigenvalue weighted by Gasteiger charge is 2.20. The standard InChI is InChI=1S/C13H15ClN4O2/c1-6(2)12-15-5-9(11(16-12)13(19)20)18-8(4)10(14)7(3)17-18/h5-6H,1-4H3,(H,19,20). The van der Waals surface area contributed by atoms with Crippen molar-refractivity contribution < 1.29 is 9.90 Å². The number of nitrogens with zero attached hydrogens (tertiary/aromatic N) is 4. The lowest BCUT2D eigenvalue weighted by Crippen LogP contribution is -2.13. The third-order valence-corrected chi connectivity index (χ3v) is 3.49. The zero-order valence-corrected chi connectivity index (χ0v) is 12.4. The minimum Gasteiger partial charge on any atom is -0.476 e. The van der Waals surface area contributed by atoms with E-state index in [0.717, 1.165) is 0 Å². The number of hydrogen-bond acceptors (Lipinski definition) is 4. The molecule has 0 bridgehead atoms. The highest BCUT2D eigenvalue weighted by atomic mass is 35.5. The second-order valence-electron chi connectivity index (χ2n) is 4.82. The van der Waals surface area contributed by atoms with Gasteiger partial charge >= 0.3 is 5.97 Å². The quantitative estimate of drug-likeness (QED) is 0.941. The van der Waals surface area contributed by atoms with E-state index in [4.69, 9.17) is 11.6 Å². The van der Waals surface area contributed by atoms with E-state index in [1.807, 2.05) is 13.8 Å². The zero-order chi connectivity index (χ0) is 15.0. The summed E-state index contributed by atoms with van der Waals surface area (Å²) in [5.74, 6) is -0.585. The average molecular weight is 295 g/mol. The van der Waals surface area contributed by atoms with Gasteiger partial charge < -0.3 is 5.11 Å². The first kappa shape index (κ1) is 14.5. The Balaban J connectivity index is 2.67. The molecule has 0 fully saturated rings. The minimum atomic E-state index is -1.12. The van der Waals surface area contributed by atoms with Crippen LogP contribution in [0, 0.1) is 13.8 Å². The maximum Gasteiger partial charge on any atom is 0.356 e. The van der Waals surface area contributed by atoms with Crippen LogP contribution in [0.15, 0.2) is 6.20 Å². The Morgan fingerprint density at radius 1 is 1.40 bits per heavy atom. The first-order chi connectivity index (χ1) is 9.32. The van der Waals surface area contributed by atoms with E-state index in [2.05, 4.69) is 15.1 Å². The van der Waals surface area contributed by atoms with Crippen LogP contribution in [0.4, 0.5) is 0 Å². The zero-order valence-electron chi connectivity index (χ0n) is 11.7. The van der Waals surface area contributed by atoms with Crippen LogP contribution in [-0.2, 0) is 0 Å². The average Bonchev–Trinajstić information content (AvgIpc) is 2.65. The second-order valence-corrected chi connectivity index (χ2v) is 5.20. The number of carbonyl (C=O) groups is 1. The van der Waals surface area contributed by atoms with Gasteiger partial charge in [-0.2, -0.15) is 5.10 Å². The van der Waals surface area contributed by atoms with Gasteiger partial charge in [-0.15, -0.1) is 0 Å². The molecule has 0 saturated heterocycles. The number of rotatable bonds is 3. The third-order valence-electron chi connectivity index (χ3n) is 2.94. The number of halogens is 1. The first-order valence-corrected chi connectivity index (χ1v) is 6.53. The Morgan fingerprint density at radius 3 is 2.50 bits per heavy atom. The molecule has 7 heteroatoms. The number of aromatic nitrogens is 4. The van der Waals surface area contributed by atoms with Crippen molar-refractivity contribution in [3.63, 3.8) is 0 Å². The highest BCUT2D eigenvalue weighted by molar-refractivity contribution is 6.31. The summed E-state index contributed by atoms with van der Waals surface area (Å²) < 4.78 is 1.46. The summed E-state index contributed by atoms with van der Waals surface area (Å²) in [6.45, 7) is 7.33. The van der Waals surface area contributed by atoms with E-state index in [1.54, 1.807) is 13.8 Å². The molecule has 0 aliphatic rings. The van der Waals surface area contributed by atoms with E-state index < -0.39 is 5.97 Å². The molecule has 0 aliphatic carbocycles. The fourth-order valence-electron chi connectivity index (χ4n) is 1.84. The van der Waals surface area contributed by atoms with Gasteiger partial charge in [-0.25, -0.2) is 19.4 Å². The summed E-state index contributed by atoms with van der Waals surface area (Å²) in [6.07, 6.45) is 1.47. The molecule has 106 valence electrons. The van der Waals surface area contributed by atoms with Crippen LogP contribution in [0.1, 0.15) is 47.5 Å². The van der Waals surface area contributed by atoms with Crippen molar-refractivity contribution in [3.05, 3.63) is 34.1 Å². The fraction of sp³-hybridized carbons (Fsp3) is 0.385. The number of aromatic carboxylic acids is 1. The lowest BCUT2D eigenvalue weighted by atomic mass is 10.2. The Morgan fingerprint density at radius 2 is 2.05 bits per heavy atom. The topological polar surface area (TPSA) is 80.9 Å². The Labute approximate surface area is 121 Å². The largest absolute Gasteiger partial charge is 0.476 e. The maximum absolute atomic E-state index is 11.4. The molecule has 2 aromatic rings. The summed E-state index contributed by atoms with van der Waals surface area (Å²) in [6, 6.07) is 0. The van der Waals surface area contributed by atoms with Gasteiger partial charge in [-0.3, -0.25) is 0 Å². The Kier molecular flexibility index (Phi) is 3.76. The summed E-state index contributed by atoms with van der Waals surface area (Å²) in [5, 5.41) is 14.1. The number of aryl methyl sites for hydroxylation is 1. The van der Waals surface area contributed by atoms with E-state index in [-0.39, 0.29) is 11.6 Å². The van der Waals surface area contributed by atoms with Crippen molar-refractivity contribution >= 4 is 17.6 Å².